The van der Waals surface area contributed by atoms with E-state index >= 15 is 0 Å². The van der Waals surface area contributed by atoms with E-state index in [9.17, 15) is 9.90 Å². The molecular weight excluding hydrogens is 248 g/mol. The number of rotatable bonds is 5. The zero-order valence-electron chi connectivity index (χ0n) is 10.0. The number of nitrogens with zero attached hydrogens (tertiary/aromatic N) is 1. The average molecular weight is 264 g/mol. The third-order valence-corrected chi connectivity index (χ3v) is 4.10. The summed E-state index contributed by atoms with van der Waals surface area (Å²) in [5.74, 6) is 0. The minimum atomic E-state index is -0.514. The van der Waals surface area contributed by atoms with Gasteiger partial charge in [0.05, 0.1) is 18.0 Å². The lowest BCUT2D eigenvalue weighted by atomic mass is 10.3. The summed E-state index contributed by atoms with van der Waals surface area (Å²) >= 11 is 1.56. The second kappa shape index (κ2) is 4.84. The molecule has 96 valence electrons. The topological polar surface area (TPSA) is 54.3 Å². The maximum Gasteiger partial charge on any atom is 0.259 e. The van der Waals surface area contributed by atoms with Crippen LogP contribution in [-0.4, -0.2) is 28.4 Å². The van der Waals surface area contributed by atoms with Crippen molar-refractivity contribution >= 4 is 21.4 Å². The van der Waals surface area contributed by atoms with E-state index in [0.29, 0.717) is 19.1 Å². The molecule has 0 spiro atoms. The van der Waals surface area contributed by atoms with Crippen molar-refractivity contribution in [2.75, 3.05) is 6.54 Å². The Kier molecular flexibility index (Phi) is 3.20. The zero-order chi connectivity index (χ0) is 12.5. The monoisotopic (exact) mass is 264 g/mol. The van der Waals surface area contributed by atoms with Crippen LogP contribution in [0, 0.1) is 0 Å². The molecule has 1 aliphatic carbocycles. The smallest absolute Gasteiger partial charge is 0.259 e. The molecular formula is C13H16N2O2S. The van der Waals surface area contributed by atoms with Gasteiger partial charge in [0.2, 0.25) is 0 Å². The summed E-state index contributed by atoms with van der Waals surface area (Å²) in [6, 6.07) is 4.35. The van der Waals surface area contributed by atoms with Gasteiger partial charge >= 0.3 is 0 Å². The van der Waals surface area contributed by atoms with E-state index in [1.165, 1.54) is 12.8 Å². The fourth-order valence-electron chi connectivity index (χ4n) is 2.03. The minimum Gasteiger partial charge on any atom is -0.390 e. The maximum atomic E-state index is 12.1. The number of pyridine rings is 1. The van der Waals surface area contributed by atoms with Crippen LogP contribution in [0.25, 0.3) is 10.1 Å². The lowest BCUT2D eigenvalue weighted by Crippen LogP contribution is -2.34. The Labute approximate surface area is 109 Å². The van der Waals surface area contributed by atoms with E-state index in [-0.39, 0.29) is 5.56 Å². The number of aromatic nitrogens is 1. The normalized spacial score (nSPS) is 17.2. The molecule has 0 aliphatic heterocycles. The Hall–Kier alpha value is -1.17. The first-order valence-corrected chi connectivity index (χ1v) is 7.10. The summed E-state index contributed by atoms with van der Waals surface area (Å²) < 4.78 is 2.59. The van der Waals surface area contributed by atoms with Crippen LogP contribution >= 0.6 is 11.3 Å². The van der Waals surface area contributed by atoms with Crippen molar-refractivity contribution in [3.8, 4) is 0 Å². The molecule has 0 amide bonds. The van der Waals surface area contributed by atoms with Crippen molar-refractivity contribution < 1.29 is 5.11 Å². The Bertz CT molecular complexity index is 600. The van der Waals surface area contributed by atoms with E-state index in [1.807, 2.05) is 17.5 Å². The molecule has 0 bridgehead atoms. The zero-order valence-corrected chi connectivity index (χ0v) is 10.8. The molecule has 2 aromatic rings. The van der Waals surface area contributed by atoms with E-state index < -0.39 is 6.10 Å². The maximum absolute atomic E-state index is 12.1. The second-order valence-electron chi connectivity index (χ2n) is 4.81. The number of thiophene rings is 1. The van der Waals surface area contributed by atoms with Gasteiger partial charge in [0.1, 0.15) is 0 Å². The lowest BCUT2D eigenvalue weighted by molar-refractivity contribution is 0.150. The molecule has 1 aliphatic rings. The number of aliphatic hydroxyl groups is 1. The molecule has 0 saturated heterocycles. The van der Waals surface area contributed by atoms with Gasteiger partial charge in [0.15, 0.2) is 0 Å². The second-order valence-corrected chi connectivity index (χ2v) is 5.76. The summed E-state index contributed by atoms with van der Waals surface area (Å²) in [5, 5.41) is 15.8. The fourth-order valence-corrected chi connectivity index (χ4v) is 2.80. The third kappa shape index (κ3) is 2.48. The Morgan fingerprint density at radius 2 is 2.33 bits per heavy atom. The molecule has 1 atom stereocenters. The van der Waals surface area contributed by atoms with E-state index in [4.69, 9.17) is 0 Å². The van der Waals surface area contributed by atoms with Crippen molar-refractivity contribution in [1.82, 2.24) is 9.88 Å². The predicted octanol–water partition coefficient (Wildman–Crippen LogP) is 1.18. The van der Waals surface area contributed by atoms with Crippen molar-refractivity contribution in [1.29, 1.82) is 0 Å². The highest BCUT2D eigenvalue weighted by molar-refractivity contribution is 7.17. The van der Waals surface area contributed by atoms with Crippen LogP contribution in [0.3, 0.4) is 0 Å². The van der Waals surface area contributed by atoms with E-state index in [2.05, 4.69) is 5.32 Å². The molecule has 18 heavy (non-hydrogen) atoms. The van der Waals surface area contributed by atoms with Gasteiger partial charge in [-0.15, -0.1) is 11.3 Å². The van der Waals surface area contributed by atoms with Crippen molar-refractivity contribution in [2.45, 2.75) is 31.5 Å². The molecule has 3 rings (SSSR count). The van der Waals surface area contributed by atoms with Crippen molar-refractivity contribution in [3.63, 3.8) is 0 Å². The first kappa shape index (κ1) is 11.9. The largest absolute Gasteiger partial charge is 0.390 e. The number of nitrogens with one attached hydrogen (secondary N) is 1. The third-order valence-electron chi connectivity index (χ3n) is 3.22. The lowest BCUT2D eigenvalue weighted by Gasteiger charge is -2.13. The quantitative estimate of drug-likeness (QED) is 0.852. The highest BCUT2D eigenvalue weighted by atomic mass is 32.1. The summed E-state index contributed by atoms with van der Waals surface area (Å²) in [5.41, 5.74) is -0.0146. The van der Waals surface area contributed by atoms with Crippen molar-refractivity contribution in [3.05, 3.63) is 34.1 Å². The van der Waals surface area contributed by atoms with Crippen LogP contribution in [0.5, 0.6) is 0 Å². The van der Waals surface area contributed by atoms with Gasteiger partial charge in [-0.1, -0.05) is 0 Å². The fraction of sp³-hybridized carbons (Fsp3) is 0.462. The van der Waals surface area contributed by atoms with Gasteiger partial charge in [-0.25, -0.2) is 0 Å². The van der Waals surface area contributed by atoms with E-state index in [1.54, 1.807) is 22.1 Å². The SMILES string of the molecule is O=c1c2ccsc2ccn1CC(O)CNC1CC1. The Morgan fingerprint density at radius 1 is 1.50 bits per heavy atom. The molecule has 1 unspecified atom stereocenters. The van der Waals surface area contributed by atoms with Crippen LogP contribution in [0.15, 0.2) is 28.5 Å². The molecule has 5 heteroatoms. The van der Waals surface area contributed by atoms with Gasteiger partial charge in [0.25, 0.3) is 5.56 Å². The van der Waals surface area contributed by atoms with E-state index in [0.717, 1.165) is 10.1 Å². The number of hydrogen-bond acceptors (Lipinski definition) is 4. The summed E-state index contributed by atoms with van der Waals surface area (Å²) in [6.07, 6.45) is 3.65. The van der Waals surface area contributed by atoms with Gasteiger partial charge in [-0.05, 0) is 30.4 Å². The van der Waals surface area contributed by atoms with Crippen LogP contribution in [0.1, 0.15) is 12.8 Å². The van der Waals surface area contributed by atoms with Gasteiger partial charge < -0.3 is 15.0 Å². The average Bonchev–Trinajstić information content (AvgIpc) is 3.06. The van der Waals surface area contributed by atoms with Crippen LogP contribution in [0.4, 0.5) is 0 Å². The van der Waals surface area contributed by atoms with Crippen LogP contribution < -0.4 is 10.9 Å². The first-order chi connectivity index (χ1) is 8.74. The van der Waals surface area contributed by atoms with Gasteiger partial charge in [-0.3, -0.25) is 4.79 Å². The molecule has 0 aromatic carbocycles. The predicted molar refractivity (Wildman–Crippen MR) is 73.1 cm³/mol. The Balaban J connectivity index is 1.72. The highest BCUT2D eigenvalue weighted by Gasteiger charge is 2.21. The molecule has 2 aromatic heterocycles. The first-order valence-electron chi connectivity index (χ1n) is 6.22. The minimum absolute atomic E-state index is 0.0146. The summed E-state index contributed by atoms with van der Waals surface area (Å²) in [7, 11) is 0. The van der Waals surface area contributed by atoms with Crippen molar-refractivity contribution in [2.24, 2.45) is 0 Å². The molecule has 1 fully saturated rings. The number of hydrogen-bond donors (Lipinski definition) is 2. The Morgan fingerprint density at radius 3 is 3.11 bits per heavy atom. The molecule has 2 heterocycles. The van der Waals surface area contributed by atoms with Crippen LogP contribution in [0.2, 0.25) is 0 Å². The highest BCUT2D eigenvalue weighted by Crippen LogP contribution is 2.18. The van der Waals surface area contributed by atoms with Gasteiger partial charge in [0, 0.05) is 23.5 Å². The summed E-state index contributed by atoms with van der Waals surface area (Å²) in [6.45, 7) is 0.906. The molecule has 4 nitrogen and oxygen atoms in total. The number of fused-ring (bicyclic) bond motifs is 1. The molecule has 0 radical (unpaired) electrons. The molecule has 1 saturated carbocycles. The van der Waals surface area contributed by atoms with Crippen LogP contribution in [-0.2, 0) is 6.54 Å². The van der Waals surface area contributed by atoms with Gasteiger partial charge in [-0.2, -0.15) is 0 Å². The molecule has 2 N–H and O–H groups in total. The summed E-state index contributed by atoms with van der Waals surface area (Å²) in [4.78, 5) is 12.1. The number of aliphatic hydroxyl groups excluding tert-OH is 1. The standard InChI is InChI=1S/C13H16N2O2S/c16-10(7-14-9-1-2-9)8-15-5-3-12-11(13(15)17)4-6-18-12/h3-6,9-10,14,16H,1-2,7-8H2.